The highest BCUT2D eigenvalue weighted by molar-refractivity contribution is 8.27. The van der Waals surface area contributed by atoms with Crippen LogP contribution in [0.5, 0.6) is 0 Å². The van der Waals surface area contributed by atoms with Crippen LogP contribution in [0.2, 0.25) is 0 Å². The number of aryl methyl sites for hydroxylation is 3. The first kappa shape index (κ1) is 21.9. The molecule has 170 valence electrons. The number of rotatable bonds is 3. The molecule has 2 aromatic rings. The number of amidine groups is 2. The number of carbonyl (C=O) groups excluding carboxylic acids is 1. The van der Waals surface area contributed by atoms with Crippen LogP contribution in [0.4, 0.5) is 0 Å². The van der Waals surface area contributed by atoms with Crippen LogP contribution in [0.3, 0.4) is 0 Å². The Morgan fingerprint density at radius 2 is 1.85 bits per heavy atom. The molecule has 2 aliphatic heterocycles. The summed E-state index contributed by atoms with van der Waals surface area (Å²) >= 11 is 1.46. The van der Waals surface area contributed by atoms with E-state index in [-0.39, 0.29) is 17.3 Å². The van der Waals surface area contributed by atoms with Crippen molar-refractivity contribution < 1.29 is 4.79 Å². The number of hydrogen-bond acceptors (Lipinski definition) is 4. The van der Waals surface area contributed by atoms with Crippen molar-refractivity contribution in [3.8, 4) is 5.69 Å². The van der Waals surface area contributed by atoms with Gasteiger partial charge in [-0.25, -0.2) is 0 Å². The second kappa shape index (κ2) is 8.45. The predicted molar refractivity (Wildman–Crippen MR) is 136 cm³/mol. The molecule has 5 rings (SSSR count). The van der Waals surface area contributed by atoms with Gasteiger partial charge in [0.1, 0.15) is 5.04 Å². The van der Waals surface area contributed by atoms with Gasteiger partial charge in [-0.1, -0.05) is 31.4 Å². The van der Waals surface area contributed by atoms with Crippen LogP contribution < -0.4 is 0 Å². The number of amides is 1. The van der Waals surface area contributed by atoms with Crippen LogP contribution in [-0.2, 0) is 4.79 Å². The summed E-state index contributed by atoms with van der Waals surface area (Å²) in [5.41, 5.74) is 6.85. The topological polar surface area (TPSA) is 73.8 Å². The molecule has 0 spiro atoms. The number of aromatic nitrogens is 1. The van der Waals surface area contributed by atoms with Crippen molar-refractivity contribution >= 4 is 39.8 Å². The average molecular weight is 460 g/mol. The minimum atomic E-state index is -0.365. The Kier molecular flexibility index (Phi) is 5.60. The van der Waals surface area contributed by atoms with E-state index in [9.17, 15) is 4.79 Å². The standard InChI is InChI=1S/C26H29N5OS/c1-15-10-11-16(2)22(12-15)30-17(3)13-20(18(30)4)14-21-23(27)31-26(28-24(21)32)33-25(29-31)19-8-6-5-7-9-19/h10-14,19,27H,5-9H2,1-4H3/b21-14+,27-23?. The summed E-state index contributed by atoms with van der Waals surface area (Å²) in [4.78, 5) is 17.2. The predicted octanol–water partition coefficient (Wildman–Crippen LogP) is 5.91. The molecular weight excluding hydrogens is 430 g/mol. The van der Waals surface area contributed by atoms with Crippen molar-refractivity contribution in [3.05, 3.63) is 57.9 Å². The fraction of sp³-hybridized carbons (Fsp3) is 0.385. The van der Waals surface area contributed by atoms with Crippen molar-refractivity contribution in [2.75, 3.05) is 0 Å². The van der Waals surface area contributed by atoms with E-state index in [1.54, 1.807) is 11.1 Å². The average Bonchev–Trinajstić information content (AvgIpc) is 3.34. The van der Waals surface area contributed by atoms with Crippen LogP contribution in [0, 0.1) is 39.0 Å². The van der Waals surface area contributed by atoms with Crippen LogP contribution in [0.25, 0.3) is 11.8 Å². The first-order chi connectivity index (χ1) is 15.8. The number of hydrogen-bond donors (Lipinski definition) is 1. The third kappa shape index (κ3) is 3.88. The summed E-state index contributed by atoms with van der Waals surface area (Å²) in [5, 5.41) is 16.5. The smallest absolute Gasteiger partial charge is 0.283 e. The number of hydrazone groups is 1. The fourth-order valence-electron chi connectivity index (χ4n) is 4.94. The summed E-state index contributed by atoms with van der Waals surface area (Å²) < 4.78 is 2.21. The summed E-state index contributed by atoms with van der Waals surface area (Å²) in [6, 6.07) is 8.49. The molecule has 1 aromatic heterocycles. The van der Waals surface area contributed by atoms with Gasteiger partial charge in [-0.3, -0.25) is 10.2 Å². The summed E-state index contributed by atoms with van der Waals surface area (Å²) in [6.45, 7) is 8.32. The van der Waals surface area contributed by atoms with Gasteiger partial charge in [0.05, 0.1) is 5.57 Å². The Morgan fingerprint density at radius 1 is 1.09 bits per heavy atom. The highest BCUT2D eigenvalue weighted by Gasteiger charge is 2.38. The minimum absolute atomic E-state index is 0.111. The SMILES string of the molecule is Cc1ccc(C)c(-n2c(C)cc(/C=C3\C(=N)N4N=C(C5CCCCC5)SC4=NC3=O)c2C)c1. The quantitative estimate of drug-likeness (QED) is 0.580. The number of nitrogens with one attached hydrogen (secondary N) is 1. The molecule has 6 nitrogen and oxygen atoms in total. The number of benzene rings is 1. The summed E-state index contributed by atoms with van der Waals surface area (Å²) in [7, 11) is 0. The molecule has 0 radical (unpaired) electrons. The number of aliphatic imine (C=N–C) groups is 1. The zero-order chi connectivity index (χ0) is 23.3. The lowest BCUT2D eigenvalue weighted by atomic mass is 9.90. The van der Waals surface area contributed by atoms with E-state index in [0.29, 0.717) is 11.1 Å². The highest BCUT2D eigenvalue weighted by Crippen LogP contribution is 2.36. The Morgan fingerprint density at radius 3 is 2.61 bits per heavy atom. The molecule has 0 bridgehead atoms. The number of carbonyl (C=O) groups is 1. The Labute approximate surface area is 199 Å². The van der Waals surface area contributed by atoms with E-state index in [1.165, 1.54) is 42.2 Å². The van der Waals surface area contributed by atoms with Crippen molar-refractivity contribution in [2.24, 2.45) is 16.0 Å². The third-order valence-corrected chi connectivity index (χ3v) is 7.87. The van der Waals surface area contributed by atoms with E-state index >= 15 is 0 Å². The molecule has 1 amide bonds. The molecule has 1 aromatic carbocycles. The molecule has 1 saturated carbocycles. The van der Waals surface area contributed by atoms with Gasteiger partial charge in [-0.15, -0.1) is 0 Å². The zero-order valence-electron chi connectivity index (χ0n) is 19.6. The Bertz CT molecular complexity index is 1260. The van der Waals surface area contributed by atoms with Crippen molar-refractivity contribution in [2.45, 2.75) is 59.8 Å². The Hall–Kier alpha value is -2.93. The van der Waals surface area contributed by atoms with Crippen molar-refractivity contribution in [1.29, 1.82) is 5.41 Å². The highest BCUT2D eigenvalue weighted by atomic mass is 32.2. The summed E-state index contributed by atoms with van der Waals surface area (Å²) in [6.07, 6.45) is 7.76. The fourth-order valence-corrected chi connectivity index (χ4v) is 6.00. The van der Waals surface area contributed by atoms with Crippen LogP contribution >= 0.6 is 11.8 Å². The molecule has 0 atom stereocenters. The van der Waals surface area contributed by atoms with Gasteiger partial charge in [0.2, 0.25) is 5.17 Å². The van der Waals surface area contributed by atoms with E-state index in [4.69, 9.17) is 10.5 Å². The van der Waals surface area contributed by atoms with Crippen molar-refractivity contribution in [1.82, 2.24) is 9.58 Å². The third-order valence-electron chi connectivity index (χ3n) is 6.80. The number of fused-ring (bicyclic) bond motifs is 1. The summed E-state index contributed by atoms with van der Waals surface area (Å²) in [5.74, 6) is 0.166. The van der Waals surface area contributed by atoms with Gasteiger partial charge in [0.25, 0.3) is 5.91 Å². The first-order valence-corrected chi connectivity index (χ1v) is 12.4. The molecule has 1 aliphatic carbocycles. The molecule has 1 fully saturated rings. The van der Waals surface area contributed by atoms with E-state index in [2.05, 4.69) is 61.5 Å². The molecule has 0 unspecified atom stereocenters. The molecule has 1 N–H and O–H groups in total. The van der Waals surface area contributed by atoms with Crippen molar-refractivity contribution in [3.63, 3.8) is 0 Å². The second-order valence-corrected chi connectivity index (χ2v) is 10.2. The molecule has 3 aliphatic rings. The zero-order valence-corrected chi connectivity index (χ0v) is 20.4. The largest absolute Gasteiger partial charge is 0.318 e. The maximum atomic E-state index is 12.9. The lowest BCUT2D eigenvalue weighted by Crippen LogP contribution is -2.35. The second-order valence-electron chi connectivity index (χ2n) is 9.25. The van der Waals surface area contributed by atoms with E-state index < -0.39 is 0 Å². The number of thioether (sulfide) groups is 1. The van der Waals surface area contributed by atoms with Gasteiger partial charge >= 0.3 is 0 Å². The van der Waals surface area contributed by atoms with Gasteiger partial charge in [0, 0.05) is 23.0 Å². The monoisotopic (exact) mass is 459 g/mol. The van der Waals surface area contributed by atoms with Gasteiger partial charge in [-0.05, 0) is 87.2 Å². The molecule has 0 saturated heterocycles. The molecule has 33 heavy (non-hydrogen) atoms. The van der Waals surface area contributed by atoms with E-state index in [0.717, 1.165) is 40.5 Å². The van der Waals surface area contributed by atoms with Gasteiger partial charge < -0.3 is 4.57 Å². The maximum absolute atomic E-state index is 12.9. The van der Waals surface area contributed by atoms with Crippen LogP contribution in [0.1, 0.15) is 60.2 Å². The van der Waals surface area contributed by atoms with E-state index in [1.807, 2.05) is 0 Å². The van der Waals surface area contributed by atoms with Crippen LogP contribution in [0.15, 0.2) is 39.9 Å². The molecule has 3 heterocycles. The lowest BCUT2D eigenvalue weighted by molar-refractivity contribution is -0.114. The Balaban J connectivity index is 1.49. The lowest BCUT2D eigenvalue weighted by Gasteiger charge is -2.20. The molecular formula is C26H29N5OS. The van der Waals surface area contributed by atoms with Gasteiger partial charge in [0.15, 0.2) is 5.84 Å². The number of nitrogens with zero attached hydrogens (tertiary/aromatic N) is 4. The maximum Gasteiger partial charge on any atom is 0.283 e. The minimum Gasteiger partial charge on any atom is -0.318 e. The molecule has 7 heteroatoms. The van der Waals surface area contributed by atoms with Crippen LogP contribution in [-0.4, -0.2) is 31.5 Å². The van der Waals surface area contributed by atoms with Gasteiger partial charge in [-0.2, -0.15) is 15.1 Å². The normalized spacial score (nSPS) is 20.4. The first-order valence-electron chi connectivity index (χ1n) is 11.6.